The summed E-state index contributed by atoms with van der Waals surface area (Å²) < 4.78 is 5.19. The van der Waals surface area contributed by atoms with Crippen LogP contribution in [0.5, 0.6) is 0 Å². The van der Waals surface area contributed by atoms with Crippen molar-refractivity contribution >= 4 is 5.91 Å². The molecule has 16 heavy (non-hydrogen) atoms. The zero-order valence-electron chi connectivity index (χ0n) is 9.48. The number of methoxy groups -OCH3 is 1. The first kappa shape index (κ1) is 12.5. The lowest BCUT2D eigenvalue weighted by Crippen LogP contribution is -2.30. The summed E-state index contributed by atoms with van der Waals surface area (Å²) in [5, 5.41) is 2.80. The second-order valence-electron chi connectivity index (χ2n) is 3.39. The van der Waals surface area contributed by atoms with Crippen molar-refractivity contribution in [2.45, 2.75) is 12.5 Å². The number of carbonyl (C=O) groups excluding carboxylic acids is 1. The summed E-state index contributed by atoms with van der Waals surface area (Å²) in [5.41, 5.74) is 0.862. The van der Waals surface area contributed by atoms with E-state index in [0.29, 0.717) is 6.54 Å². The molecule has 0 radical (unpaired) electrons. The van der Waals surface area contributed by atoms with Crippen LogP contribution in [0.3, 0.4) is 0 Å². The molecule has 0 saturated heterocycles. The van der Waals surface area contributed by atoms with E-state index >= 15 is 0 Å². The lowest BCUT2D eigenvalue weighted by Gasteiger charge is -2.15. The van der Waals surface area contributed by atoms with Crippen molar-refractivity contribution in [2.24, 2.45) is 0 Å². The van der Waals surface area contributed by atoms with Crippen LogP contribution in [0.15, 0.2) is 43.0 Å². The first-order valence-electron chi connectivity index (χ1n) is 5.26. The second kappa shape index (κ2) is 6.80. The van der Waals surface area contributed by atoms with Crippen molar-refractivity contribution in [3.05, 3.63) is 48.6 Å². The van der Waals surface area contributed by atoms with Gasteiger partial charge in [0.05, 0.1) is 0 Å². The van der Waals surface area contributed by atoms with Gasteiger partial charge in [0.1, 0.15) is 0 Å². The van der Waals surface area contributed by atoms with Crippen LogP contribution in [0.25, 0.3) is 0 Å². The van der Waals surface area contributed by atoms with Crippen LogP contribution in [0, 0.1) is 0 Å². The molecule has 1 rings (SSSR count). The fourth-order valence-corrected chi connectivity index (χ4v) is 1.41. The summed E-state index contributed by atoms with van der Waals surface area (Å²) in [6.07, 6.45) is 1.99. The molecule has 0 heterocycles. The third-order valence-corrected chi connectivity index (χ3v) is 2.22. The Morgan fingerprint density at radius 2 is 2.19 bits per heavy atom. The molecule has 0 aliphatic rings. The predicted octanol–water partition coefficient (Wildman–Crippen LogP) is 2.07. The Morgan fingerprint density at radius 3 is 2.75 bits per heavy atom. The van der Waals surface area contributed by atoms with Crippen molar-refractivity contribution in [3.8, 4) is 0 Å². The predicted molar refractivity (Wildman–Crippen MR) is 64.0 cm³/mol. The highest BCUT2D eigenvalue weighted by Crippen LogP contribution is 2.15. The number of benzene rings is 1. The van der Waals surface area contributed by atoms with Crippen LogP contribution in [-0.4, -0.2) is 19.6 Å². The van der Waals surface area contributed by atoms with Gasteiger partial charge in [0.15, 0.2) is 6.10 Å². The van der Waals surface area contributed by atoms with Gasteiger partial charge in [-0.25, -0.2) is 0 Å². The SMILES string of the molecule is C=CCCNC(=O)C(OC)c1ccccc1. The molecule has 0 aliphatic carbocycles. The summed E-state index contributed by atoms with van der Waals surface area (Å²) in [7, 11) is 1.53. The molecule has 3 nitrogen and oxygen atoms in total. The summed E-state index contributed by atoms with van der Waals surface area (Å²) in [6, 6.07) is 9.44. The number of rotatable bonds is 6. The van der Waals surface area contributed by atoms with Crippen molar-refractivity contribution < 1.29 is 9.53 Å². The quantitative estimate of drug-likeness (QED) is 0.587. The van der Waals surface area contributed by atoms with Crippen LogP contribution in [0.4, 0.5) is 0 Å². The molecule has 1 amide bonds. The van der Waals surface area contributed by atoms with Gasteiger partial charge >= 0.3 is 0 Å². The molecule has 1 unspecified atom stereocenters. The number of ether oxygens (including phenoxy) is 1. The van der Waals surface area contributed by atoms with E-state index in [0.717, 1.165) is 12.0 Å². The smallest absolute Gasteiger partial charge is 0.253 e. The second-order valence-corrected chi connectivity index (χ2v) is 3.39. The minimum absolute atomic E-state index is 0.115. The lowest BCUT2D eigenvalue weighted by molar-refractivity contribution is -0.131. The molecule has 1 aromatic rings. The van der Waals surface area contributed by atoms with E-state index in [1.807, 2.05) is 30.3 Å². The number of hydrogen-bond donors (Lipinski definition) is 1. The molecular weight excluding hydrogens is 202 g/mol. The summed E-state index contributed by atoms with van der Waals surface area (Å²) in [6.45, 7) is 4.19. The zero-order chi connectivity index (χ0) is 11.8. The van der Waals surface area contributed by atoms with Crippen LogP contribution in [0.1, 0.15) is 18.1 Å². The maximum absolute atomic E-state index is 11.8. The van der Waals surface area contributed by atoms with Gasteiger partial charge in [0, 0.05) is 13.7 Å². The minimum atomic E-state index is -0.536. The maximum atomic E-state index is 11.8. The third-order valence-electron chi connectivity index (χ3n) is 2.22. The molecule has 0 aliphatic heterocycles. The van der Waals surface area contributed by atoms with E-state index in [9.17, 15) is 4.79 Å². The average molecular weight is 219 g/mol. The Bertz CT molecular complexity index is 335. The van der Waals surface area contributed by atoms with Crippen LogP contribution in [-0.2, 0) is 9.53 Å². The molecule has 1 N–H and O–H groups in total. The van der Waals surface area contributed by atoms with E-state index in [1.165, 1.54) is 7.11 Å². The first-order valence-corrected chi connectivity index (χ1v) is 5.26. The summed E-state index contributed by atoms with van der Waals surface area (Å²) in [4.78, 5) is 11.8. The van der Waals surface area contributed by atoms with E-state index in [4.69, 9.17) is 4.74 Å². The van der Waals surface area contributed by atoms with E-state index < -0.39 is 6.10 Å². The van der Waals surface area contributed by atoms with Crippen LogP contribution >= 0.6 is 0 Å². The van der Waals surface area contributed by atoms with Gasteiger partial charge in [-0.05, 0) is 12.0 Å². The molecule has 1 atom stereocenters. The molecule has 0 aromatic heterocycles. The minimum Gasteiger partial charge on any atom is -0.367 e. The van der Waals surface area contributed by atoms with Crippen molar-refractivity contribution in [3.63, 3.8) is 0 Å². The van der Waals surface area contributed by atoms with Crippen molar-refractivity contribution in [2.75, 3.05) is 13.7 Å². The van der Waals surface area contributed by atoms with E-state index in [2.05, 4.69) is 11.9 Å². The van der Waals surface area contributed by atoms with Crippen LogP contribution < -0.4 is 5.32 Å². The topological polar surface area (TPSA) is 38.3 Å². The summed E-state index contributed by atoms with van der Waals surface area (Å²) >= 11 is 0. The monoisotopic (exact) mass is 219 g/mol. The van der Waals surface area contributed by atoms with Gasteiger partial charge in [-0.3, -0.25) is 4.79 Å². The van der Waals surface area contributed by atoms with Crippen molar-refractivity contribution in [1.29, 1.82) is 0 Å². The van der Waals surface area contributed by atoms with Gasteiger partial charge in [0.25, 0.3) is 5.91 Å². The largest absolute Gasteiger partial charge is 0.367 e. The number of carbonyl (C=O) groups is 1. The molecule has 0 fully saturated rings. The van der Waals surface area contributed by atoms with Crippen molar-refractivity contribution in [1.82, 2.24) is 5.32 Å². The highest BCUT2D eigenvalue weighted by atomic mass is 16.5. The Kier molecular flexibility index (Phi) is 5.29. The fourth-order valence-electron chi connectivity index (χ4n) is 1.41. The standard InChI is InChI=1S/C13H17NO2/c1-3-4-10-14-13(15)12(16-2)11-8-6-5-7-9-11/h3,5-9,12H,1,4,10H2,2H3,(H,14,15). The summed E-state index contributed by atoms with van der Waals surface area (Å²) in [5.74, 6) is -0.115. The Balaban J connectivity index is 2.60. The number of hydrogen-bond acceptors (Lipinski definition) is 2. The molecular formula is C13H17NO2. The Labute approximate surface area is 96.1 Å². The number of nitrogens with one attached hydrogen (secondary N) is 1. The van der Waals surface area contributed by atoms with E-state index in [-0.39, 0.29) is 5.91 Å². The Morgan fingerprint density at radius 1 is 1.50 bits per heavy atom. The molecule has 0 bridgehead atoms. The first-order chi connectivity index (χ1) is 7.79. The van der Waals surface area contributed by atoms with Crippen LogP contribution in [0.2, 0.25) is 0 Å². The highest BCUT2D eigenvalue weighted by Gasteiger charge is 2.18. The third kappa shape index (κ3) is 3.51. The average Bonchev–Trinajstić information content (AvgIpc) is 2.32. The molecule has 0 spiro atoms. The zero-order valence-corrected chi connectivity index (χ0v) is 9.48. The lowest BCUT2D eigenvalue weighted by atomic mass is 10.1. The molecule has 0 saturated carbocycles. The van der Waals surface area contributed by atoms with Gasteiger partial charge < -0.3 is 10.1 Å². The highest BCUT2D eigenvalue weighted by molar-refractivity contribution is 5.82. The maximum Gasteiger partial charge on any atom is 0.253 e. The Hall–Kier alpha value is -1.61. The molecule has 86 valence electrons. The number of amides is 1. The van der Waals surface area contributed by atoms with Gasteiger partial charge in [-0.1, -0.05) is 36.4 Å². The molecule has 3 heteroatoms. The molecule has 1 aromatic carbocycles. The van der Waals surface area contributed by atoms with Gasteiger partial charge in [-0.15, -0.1) is 6.58 Å². The van der Waals surface area contributed by atoms with Gasteiger partial charge in [0.2, 0.25) is 0 Å². The van der Waals surface area contributed by atoms with E-state index in [1.54, 1.807) is 6.08 Å². The normalized spacial score (nSPS) is 11.8. The fraction of sp³-hybridized carbons (Fsp3) is 0.308. The van der Waals surface area contributed by atoms with Gasteiger partial charge in [-0.2, -0.15) is 0 Å².